The van der Waals surface area contributed by atoms with Crippen LogP contribution in [0.25, 0.3) is 10.9 Å². The molecule has 0 bridgehead atoms. The van der Waals surface area contributed by atoms with Gasteiger partial charge in [-0.2, -0.15) is 0 Å². The number of nitrogens with zero attached hydrogens (tertiary/aromatic N) is 3. The summed E-state index contributed by atoms with van der Waals surface area (Å²) >= 11 is 0. The van der Waals surface area contributed by atoms with Crippen LogP contribution in [-0.2, 0) is 0 Å². The van der Waals surface area contributed by atoms with Gasteiger partial charge in [0.2, 0.25) is 0 Å². The Morgan fingerprint density at radius 2 is 2.24 bits per heavy atom. The normalized spacial score (nSPS) is 19.9. The first kappa shape index (κ1) is 13.8. The predicted octanol–water partition coefficient (Wildman–Crippen LogP) is 2.32. The molecule has 6 nitrogen and oxygen atoms in total. The van der Waals surface area contributed by atoms with Crippen LogP contribution < -0.4 is 10.6 Å². The number of hydrogen-bond donors (Lipinski definition) is 1. The van der Waals surface area contributed by atoms with E-state index < -0.39 is 0 Å². The molecule has 1 aromatic carbocycles. The number of rotatable bonds is 3. The van der Waals surface area contributed by atoms with Gasteiger partial charge in [0.05, 0.1) is 10.4 Å². The number of benzene rings is 1. The number of pyridine rings is 1. The van der Waals surface area contributed by atoms with Crippen LogP contribution in [0, 0.1) is 16.0 Å². The van der Waals surface area contributed by atoms with E-state index in [1.807, 2.05) is 31.2 Å². The Hall–Kier alpha value is -2.21. The summed E-state index contributed by atoms with van der Waals surface area (Å²) in [4.78, 5) is 17.3. The van der Waals surface area contributed by atoms with Crippen molar-refractivity contribution < 1.29 is 4.92 Å². The molecule has 1 aliphatic rings. The fraction of sp³-hybridized carbons (Fsp3) is 0.400. The highest BCUT2D eigenvalue weighted by molar-refractivity contribution is 5.96. The van der Waals surface area contributed by atoms with Gasteiger partial charge in [-0.1, -0.05) is 18.2 Å². The largest absolute Gasteiger partial charge is 0.365 e. The van der Waals surface area contributed by atoms with Crippen LogP contribution in [-0.4, -0.2) is 29.0 Å². The van der Waals surface area contributed by atoms with Crippen molar-refractivity contribution in [2.75, 3.05) is 18.0 Å². The molecule has 0 radical (unpaired) electrons. The molecule has 2 atom stereocenters. The second kappa shape index (κ2) is 5.29. The Bertz CT molecular complexity index is 686. The maximum Gasteiger partial charge on any atom is 0.311 e. The summed E-state index contributed by atoms with van der Waals surface area (Å²) in [6, 6.07) is 7.64. The molecular weight excluding hydrogens is 268 g/mol. The fourth-order valence-corrected chi connectivity index (χ4v) is 3.00. The van der Waals surface area contributed by atoms with Gasteiger partial charge in [-0.3, -0.25) is 10.1 Å². The maximum absolute atomic E-state index is 11.4. The Labute approximate surface area is 122 Å². The molecule has 0 spiro atoms. The van der Waals surface area contributed by atoms with E-state index in [-0.39, 0.29) is 16.7 Å². The van der Waals surface area contributed by atoms with Crippen LogP contribution in [0.5, 0.6) is 0 Å². The first-order chi connectivity index (χ1) is 10.1. The van der Waals surface area contributed by atoms with Crippen molar-refractivity contribution in [3.63, 3.8) is 0 Å². The Morgan fingerprint density at radius 1 is 1.48 bits per heavy atom. The molecule has 1 aliphatic heterocycles. The van der Waals surface area contributed by atoms with Gasteiger partial charge in [0.25, 0.3) is 0 Å². The van der Waals surface area contributed by atoms with E-state index in [1.165, 1.54) is 6.20 Å². The number of anilines is 1. The van der Waals surface area contributed by atoms with Crippen LogP contribution in [0.1, 0.15) is 13.3 Å². The molecule has 1 aromatic heterocycles. The average Bonchev–Trinajstić information content (AvgIpc) is 2.95. The second-order valence-electron chi connectivity index (χ2n) is 5.62. The number of para-hydroxylation sites is 1. The topological polar surface area (TPSA) is 85.3 Å². The quantitative estimate of drug-likeness (QED) is 0.691. The Balaban J connectivity index is 2.11. The van der Waals surface area contributed by atoms with Crippen LogP contribution in [0.2, 0.25) is 0 Å². The van der Waals surface area contributed by atoms with E-state index in [0.29, 0.717) is 11.6 Å². The number of nitro groups is 1. The van der Waals surface area contributed by atoms with Gasteiger partial charge in [-0.25, -0.2) is 4.98 Å². The maximum atomic E-state index is 11.4. The zero-order valence-corrected chi connectivity index (χ0v) is 11.9. The summed E-state index contributed by atoms with van der Waals surface area (Å²) in [5.74, 6) is 0.372. The van der Waals surface area contributed by atoms with Crippen LogP contribution in [0.4, 0.5) is 11.4 Å². The highest BCUT2D eigenvalue weighted by Crippen LogP contribution is 2.37. The van der Waals surface area contributed by atoms with E-state index in [2.05, 4.69) is 9.88 Å². The minimum atomic E-state index is -0.353. The van der Waals surface area contributed by atoms with Crippen molar-refractivity contribution in [1.82, 2.24) is 4.98 Å². The van der Waals surface area contributed by atoms with Gasteiger partial charge in [0.1, 0.15) is 11.9 Å². The third kappa shape index (κ3) is 2.42. The molecule has 1 saturated heterocycles. The monoisotopic (exact) mass is 286 g/mol. The molecule has 2 aromatic rings. The number of fused-ring (bicyclic) bond motifs is 1. The molecule has 2 N–H and O–H groups in total. The molecule has 0 amide bonds. The second-order valence-corrected chi connectivity index (χ2v) is 5.62. The third-order valence-corrected chi connectivity index (χ3v) is 4.21. The molecule has 3 rings (SSSR count). The summed E-state index contributed by atoms with van der Waals surface area (Å²) in [7, 11) is 0. The zero-order valence-electron chi connectivity index (χ0n) is 11.9. The summed E-state index contributed by atoms with van der Waals surface area (Å²) in [5, 5.41) is 12.2. The molecule has 6 heteroatoms. The average molecular weight is 286 g/mol. The molecule has 1 fully saturated rings. The highest BCUT2D eigenvalue weighted by Gasteiger charge is 2.31. The molecular formula is C15H18N4O2. The van der Waals surface area contributed by atoms with Crippen molar-refractivity contribution in [2.24, 2.45) is 11.7 Å². The third-order valence-electron chi connectivity index (χ3n) is 4.21. The van der Waals surface area contributed by atoms with E-state index in [1.54, 1.807) is 0 Å². The molecule has 0 aliphatic carbocycles. The van der Waals surface area contributed by atoms with Gasteiger partial charge in [0.15, 0.2) is 0 Å². The zero-order chi connectivity index (χ0) is 15.0. The van der Waals surface area contributed by atoms with E-state index >= 15 is 0 Å². The van der Waals surface area contributed by atoms with Gasteiger partial charge < -0.3 is 10.6 Å². The van der Waals surface area contributed by atoms with Gasteiger partial charge in [0, 0.05) is 24.5 Å². The number of nitrogens with two attached hydrogens (primary N) is 1. The minimum absolute atomic E-state index is 0.0685. The Kier molecular flexibility index (Phi) is 3.47. The smallest absolute Gasteiger partial charge is 0.311 e. The summed E-state index contributed by atoms with van der Waals surface area (Å²) < 4.78 is 0. The summed E-state index contributed by atoms with van der Waals surface area (Å²) in [5.41, 5.74) is 7.50. The number of hydrogen-bond acceptors (Lipinski definition) is 5. The molecule has 2 unspecified atom stereocenters. The minimum Gasteiger partial charge on any atom is -0.365 e. The van der Waals surface area contributed by atoms with Gasteiger partial charge >= 0.3 is 5.69 Å². The fourth-order valence-electron chi connectivity index (χ4n) is 3.00. The summed E-state index contributed by atoms with van der Waals surface area (Å²) in [6.45, 7) is 3.54. The standard InChI is InChI=1S/C15H18N4O2/c1-10(16)11-6-7-18(9-11)15-12-4-2-3-5-13(12)17-8-14(15)19(20)21/h2-5,8,10-11H,6-7,9,16H2,1H3. The van der Waals surface area contributed by atoms with Gasteiger partial charge in [-0.05, 0) is 25.3 Å². The lowest BCUT2D eigenvalue weighted by atomic mass is 10.0. The Morgan fingerprint density at radius 3 is 2.90 bits per heavy atom. The number of aromatic nitrogens is 1. The first-order valence-corrected chi connectivity index (χ1v) is 7.10. The van der Waals surface area contributed by atoms with E-state index in [4.69, 9.17) is 5.73 Å². The van der Waals surface area contributed by atoms with E-state index in [9.17, 15) is 10.1 Å². The first-order valence-electron chi connectivity index (χ1n) is 7.10. The van der Waals surface area contributed by atoms with Crippen LogP contribution in [0.15, 0.2) is 30.5 Å². The lowest BCUT2D eigenvalue weighted by Gasteiger charge is -2.21. The SMILES string of the molecule is CC(N)C1CCN(c2c([N+](=O)[O-])cnc3ccccc23)C1. The van der Waals surface area contributed by atoms with E-state index in [0.717, 1.165) is 30.4 Å². The summed E-state index contributed by atoms with van der Waals surface area (Å²) in [6.07, 6.45) is 2.32. The molecule has 110 valence electrons. The predicted molar refractivity (Wildman–Crippen MR) is 82.4 cm³/mol. The van der Waals surface area contributed by atoms with Crippen LogP contribution >= 0.6 is 0 Å². The van der Waals surface area contributed by atoms with Crippen molar-refractivity contribution in [3.8, 4) is 0 Å². The van der Waals surface area contributed by atoms with Gasteiger partial charge in [-0.15, -0.1) is 0 Å². The molecule has 0 saturated carbocycles. The van der Waals surface area contributed by atoms with Crippen molar-refractivity contribution in [3.05, 3.63) is 40.6 Å². The van der Waals surface area contributed by atoms with Crippen molar-refractivity contribution >= 4 is 22.3 Å². The lowest BCUT2D eigenvalue weighted by Crippen LogP contribution is -2.30. The van der Waals surface area contributed by atoms with Crippen LogP contribution in [0.3, 0.4) is 0 Å². The molecule has 21 heavy (non-hydrogen) atoms. The van der Waals surface area contributed by atoms with Crippen molar-refractivity contribution in [2.45, 2.75) is 19.4 Å². The highest BCUT2D eigenvalue weighted by atomic mass is 16.6. The lowest BCUT2D eigenvalue weighted by molar-refractivity contribution is -0.384. The van der Waals surface area contributed by atoms with Crippen molar-refractivity contribution in [1.29, 1.82) is 0 Å². The molecule has 2 heterocycles.